The zero-order valence-electron chi connectivity index (χ0n) is 12.0. The summed E-state index contributed by atoms with van der Waals surface area (Å²) >= 11 is 0. The molecule has 1 heterocycles. The summed E-state index contributed by atoms with van der Waals surface area (Å²) in [5.74, 6) is 0.229. The highest BCUT2D eigenvalue weighted by Crippen LogP contribution is 2.15. The lowest BCUT2D eigenvalue weighted by atomic mass is 10.0. The van der Waals surface area contributed by atoms with Gasteiger partial charge in [-0.3, -0.25) is 0 Å². The van der Waals surface area contributed by atoms with Crippen molar-refractivity contribution in [3.63, 3.8) is 0 Å². The number of nitrogens with zero attached hydrogens (tertiary/aromatic N) is 1. The van der Waals surface area contributed by atoms with Crippen LogP contribution in [0.3, 0.4) is 0 Å². The molecule has 2 atom stereocenters. The molecule has 0 aromatic rings. The molecule has 5 heteroatoms. The number of piperidine rings is 1. The van der Waals surface area contributed by atoms with E-state index in [1.54, 1.807) is 0 Å². The second kappa shape index (κ2) is 7.46. The Balaban J connectivity index is 2.11. The van der Waals surface area contributed by atoms with Crippen LogP contribution in [-0.2, 0) is 9.84 Å². The lowest BCUT2D eigenvalue weighted by Crippen LogP contribution is -2.40. The van der Waals surface area contributed by atoms with Crippen LogP contribution in [0, 0.1) is 0 Å². The molecular weight excluding hydrogens is 248 g/mol. The van der Waals surface area contributed by atoms with Gasteiger partial charge in [0.05, 0.1) is 5.75 Å². The maximum atomic E-state index is 11.1. The predicted octanol–water partition coefficient (Wildman–Crippen LogP) is 1.27. The van der Waals surface area contributed by atoms with E-state index < -0.39 is 9.84 Å². The van der Waals surface area contributed by atoms with Crippen LogP contribution in [0.1, 0.15) is 39.5 Å². The summed E-state index contributed by atoms with van der Waals surface area (Å²) in [4.78, 5) is 2.55. The molecule has 0 radical (unpaired) electrons. The molecule has 1 aliphatic rings. The first-order valence-corrected chi connectivity index (χ1v) is 9.09. The highest BCUT2D eigenvalue weighted by molar-refractivity contribution is 7.90. The third-order valence-corrected chi connectivity index (χ3v) is 4.71. The molecule has 2 unspecified atom stereocenters. The summed E-state index contributed by atoms with van der Waals surface area (Å²) in [5, 5.41) is 3.29. The molecular formula is C13H28N2O2S. The first kappa shape index (κ1) is 15.9. The minimum Gasteiger partial charge on any atom is -0.313 e. The van der Waals surface area contributed by atoms with Gasteiger partial charge in [0.1, 0.15) is 9.84 Å². The van der Waals surface area contributed by atoms with Crippen molar-refractivity contribution in [1.82, 2.24) is 10.2 Å². The molecule has 0 bridgehead atoms. The van der Waals surface area contributed by atoms with Crippen molar-refractivity contribution in [2.45, 2.75) is 51.6 Å². The van der Waals surface area contributed by atoms with Gasteiger partial charge in [0, 0.05) is 18.3 Å². The van der Waals surface area contributed by atoms with Gasteiger partial charge in [-0.15, -0.1) is 0 Å². The van der Waals surface area contributed by atoms with Crippen molar-refractivity contribution < 1.29 is 8.42 Å². The Hall–Kier alpha value is -0.130. The van der Waals surface area contributed by atoms with Gasteiger partial charge in [0.15, 0.2) is 0 Å². The van der Waals surface area contributed by atoms with Crippen LogP contribution in [-0.4, -0.2) is 57.0 Å². The van der Waals surface area contributed by atoms with Gasteiger partial charge in [0.25, 0.3) is 0 Å². The van der Waals surface area contributed by atoms with Gasteiger partial charge < -0.3 is 10.2 Å². The number of likely N-dealkylation sites (tertiary alicyclic amines) is 1. The fraction of sp³-hybridized carbons (Fsp3) is 1.00. The molecule has 18 heavy (non-hydrogen) atoms. The molecule has 1 rings (SSSR count). The van der Waals surface area contributed by atoms with E-state index in [2.05, 4.69) is 17.1 Å². The fourth-order valence-electron chi connectivity index (χ4n) is 2.63. The van der Waals surface area contributed by atoms with Crippen LogP contribution in [0.15, 0.2) is 0 Å². The Morgan fingerprint density at radius 1 is 1.39 bits per heavy atom. The van der Waals surface area contributed by atoms with E-state index in [1.807, 2.05) is 6.92 Å². The molecule has 1 N–H and O–H groups in total. The SMILES string of the molecule is CC(CS(C)(=O)=O)NCCCN1CCCCC1C. The average Bonchev–Trinajstić information content (AvgIpc) is 2.24. The van der Waals surface area contributed by atoms with E-state index in [9.17, 15) is 8.42 Å². The first-order valence-electron chi connectivity index (χ1n) is 7.03. The van der Waals surface area contributed by atoms with E-state index in [-0.39, 0.29) is 11.8 Å². The van der Waals surface area contributed by atoms with Gasteiger partial charge in [-0.25, -0.2) is 8.42 Å². The molecule has 108 valence electrons. The topological polar surface area (TPSA) is 49.4 Å². The second-order valence-corrected chi connectivity index (χ2v) is 7.87. The molecule has 0 aliphatic carbocycles. The molecule has 4 nitrogen and oxygen atoms in total. The minimum absolute atomic E-state index is 0.0544. The molecule has 1 saturated heterocycles. The van der Waals surface area contributed by atoms with Crippen LogP contribution < -0.4 is 5.32 Å². The Bertz CT molecular complexity index is 330. The Morgan fingerprint density at radius 3 is 2.72 bits per heavy atom. The fourth-order valence-corrected chi connectivity index (χ4v) is 3.66. The van der Waals surface area contributed by atoms with Crippen LogP contribution in [0.5, 0.6) is 0 Å². The predicted molar refractivity (Wildman–Crippen MR) is 76.7 cm³/mol. The molecule has 1 fully saturated rings. The quantitative estimate of drug-likeness (QED) is 0.712. The van der Waals surface area contributed by atoms with Crippen LogP contribution in [0.2, 0.25) is 0 Å². The highest BCUT2D eigenvalue weighted by atomic mass is 32.2. The number of rotatable bonds is 7. The van der Waals surface area contributed by atoms with E-state index in [4.69, 9.17) is 0 Å². The molecule has 0 aromatic carbocycles. The minimum atomic E-state index is -2.86. The summed E-state index contributed by atoms with van der Waals surface area (Å²) in [6, 6.07) is 0.769. The molecule has 0 aromatic heterocycles. The maximum absolute atomic E-state index is 11.1. The molecule has 0 spiro atoms. The lowest BCUT2D eigenvalue weighted by molar-refractivity contribution is 0.158. The standard InChI is InChI=1S/C13H28N2O2S/c1-12(11-18(3,16)17)14-8-6-10-15-9-5-4-7-13(15)2/h12-14H,4-11H2,1-3H3. The molecule has 1 aliphatic heterocycles. The molecule has 0 saturated carbocycles. The Kier molecular flexibility index (Phi) is 6.60. The van der Waals surface area contributed by atoms with Crippen molar-refractivity contribution >= 4 is 9.84 Å². The number of hydrogen-bond acceptors (Lipinski definition) is 4. The lowest BCUT2D eigenvalue weighted by Gasteiger charge is -2.33. The monoisotopic (exact) mass is 276 g/mol. The van der Waals surface area contributed by atoms with Crippen LogP contribution in [0.25, 0.3) is 0 Å². The largest absolute Gasteiger partial charge is 0.313 e. The number of nitrogens with one attached hydrogen (secondary N) is 1. The molecule has 0 amide bonds. The van der Waals surface area contributed by atoms with Crippen molar-refractivity contribution in [1.29, 1.82) is 0 Å². The Morgan fingerprint density at radius 2 is 2.11 bits per heavy atom. The Labute approximate surface area is 112 Å². The van der Waals surface area contributed by atoms with E-state index in [0.717, 1.165) is 19.5 Å². The summed E-state index contributed by atoms with van der Waals surface area (Å²) < 4.78 is 22.2. The highest BCUT2D eigenvalue weighted by Gasteiger charge is 2.17. The van der Waals surface area contributed by atoms with Gasteiger partial charge in [-0.2, -0.15) is 0 Å². The van der Waals surface area contributed by atoms with Gasteiger partial charge in [-0.1, -0.05) is 6.42 Å². The van der Waals surface area contributed by atoms with E-state index >= 15 is 0 Å². The second-order valence-electron chi connectivity index (χ2n) is 5.68. The zero-order valence-corrected chi connectivity index (χ0v) is 12.8. The van der Waals surface area contributed by atoms with E-state index in [0.29, 0.717) is 6.04 Å². The normalized spacial score (nSPS) is 24.1. The third-order valence-electron chi connectivity index (χ3n) is 3.61. The number of sulfone groups is 1. The van der Waals surface area contributed by atoms with Crippen molar-refractivity contribution in [3.05, 3.63) is 0 Å². The van der Waals surface area contributed by atoms with Crippen molar-refractivity contribution in [3.8, 4) is 0 Å². The van der Waals surface area contributed by atoms with Crippen molar-refractivity contribution in [2.24, 2.45) is 0 Å². The first-order chi connectivity index (χ1) is 8.38. The summed E-state index contributed by atoms with van der Waals surface area (Å²) in [5.41, 5.74) is 0. The third kappa shape index (κ3) is 6.71. The summed E-state index contributed by atoms with van der Waals surface area (Å²) in [6.45, 7) is 7.49. The van der Waals surface area contributed by atoms with Crippen LogP contribution in [0.4, 0.5) is 0 Å². The summed E-state index contributed by atoms with van der Waals surface area (Å²) in [6.07, 6.45) is 6.39. The van der Waals surface area contributed by atoms with Gasteiger partial charge in [-0.05, 0) is 52.7 Å². The van der Waals surface area contributed by atoms with Gasteiger partial charge in [0.2, 0.25) is 0 Å². The maximum Gasteiger partial charge on any atom is 0.148 e. The van der Waals surface area contributed by atoms with Gasteiger partial charge >= 0.3 is 0 Å². The smallest absolute Gasteiger partial charge is 0.148 e. The zero-order chi connectivity index (χ0) is 13.6. The van der Waals surface area contributed by atoms with Crippen LogP contribution >= 0.6 is 0 Å². The average molecular weight is 276 g/mol. The van der Waals surface area contributed by atoms with E-state index in [1.165, 1.54) is 32.1 Å². The van der Waals surface area contributed by atoms with Crippen molar-refractivity contribution in [2.75, 3.05) is 31.6 Å². The number of hydrogen-bond donors (Lipinski definition) is 1. The summed E-state index contributed by atoms with van der Waals surface area (Å²) in [7, 11) is -2.86.